The van der Waals surface area contributed by atoms with Gasteiger partial charge in [0.25, 0.3) is 0 Å². The second-order valence-corrected chi connectivity index (χ2v) is 5.99. The van der Waals surface area contributed by atoms with Crippen LogP contribution in [0.25, 0.3) is 0 Å². The van der Waals surface area contributed by atoms with Gasteiger partial charge in [-0.15, -0.1) is 0 Å². The maximum Gasteiger partial charge on any atom is 0.394 e. The molecule has 0 spiro atoms. The molecule has 0 aromatic rings. The van der Waals surface area contributed by atoms with Crippen LogP contribution in [0.15, 0.2) is 0 Å². The Morgan fingerprint density at radius 2 is 0.923 bits per heavy atom. The summed E-state index contributed by atoms with van der Waals surface area (Å²) in [6.07, 6.45) is 0. The fourth-order valence-electron chi connectivity index (χ4n) is 0. The molecule has 13 heavy (non-hydrogen) atoms. The van der Waals surface area contributed by atoms with E-state index in [9.17, 15) is 0 Å². The van der Waals surface area contributed by atoms with E-state index in [2.05, 4.69) is 23.3 Å². The Bertz CT molecular complexity index is 129. The minimum absolute atomic E-state index is 0. The van der Waals surface area contributed by atoms with Gasteiger partial charge >= 0.3 is 63.6 Å². The summed E-state index contributed by atoms with van der Waals surface area (Å²) in [7, 11) is -4.67. The topological polar surface area (TPSA) is 106 Å². The molecular formula is C4H18O5PtSSe2. The van der Waals surface area contributed by atoms with Crippen molar-refractivity contribution in [1.82, 2.24) is 0 Å². The Labute approximate surface area is 107 Å². The molecule has 0 saturated heterocycles. The summed E-state index contributed by atoms with van der Waals surface area (Å²) in [5.41, 5.74) is 0. The predicted octanol–water partition coefficient (Wildman–Crippen LogP) is -0.442. The first kappa shape index (κ1) is 29.3. The Kier molecular flexibility index (Phi) is 52.7. The Morgan fingerprint density at radius 1 is 0.923 bits per heavy atom. The third kappa shape index (κ3) is 747. The van der Waals surface area contributed by atoms with Gasteiger partial charge in [-0.2, -0.15) is 8.42 Å². The van der Waals surface area contributed by atoms with Crippen LogP contribution >= 0.6 is 0 Å². The zero-order valence-corrected chi connectivity index (χ0v) is 14.7. The van der Waals surface area contributed by atoms with E-state index in [0.29, 0.717) is 29.9 Å². The molecular weight excluding hydrogens is 513 g/mol. The van der Waals surface area contributed by atoms with Gasteiger partial charge in [-0.1, -0.05) is 0 Å². The van der Waals surface area contributed by atoms with Crippen LogP contribution in [0.1, 0.15) is 0 Å². The predicted molar refractivity (Wildman–Crippen MR) is 55.5 cm³/mol. The van der Waals surface area contributed by atoms with Gasteiger partial charge in [-0.05, 0) is 0 Å². The second-order valence-electron chi connectivity index (χ2n) is 1.34. The Hall–Kier alpha value is 1.56. The quantitative estimate of drug-likeness (QED) is 0.327. The first-order valence-electron chi connectivity index (χ1n) is 2.49. The first-order chi connectivity index (χ1) is 4.83. The van der Waals surface area contributed by atoms with Crippen molar-refractivity contribution in [3.05, 3.63) is 0 Å². The normalized spacial score (nSPS) is 7.23. The van der Waals surface area contributed by atoms with Crippen LogP contribution in [-0.2, 0) is 31.5 Å². The van der Waals surface area contributed by atoms with Gasteiger partial charge in [0, 0.05) is 21.1 Å². The smallest absolute Gasteiger partial charge is 0.394 e. The average Bonchev–Trinajstić information content (AvgIpc) is 1.62. The minimum Gasteiger partial charge on any atom is -0.412 e. The maximum atomic E-state index is 8.74. The summed E-state index contributed by atoms with van der Waals surface area (Å²) >= 11 is 1.38. The Morgan fingerprint density at radius 3 is 0.923 bits per heavy atom. The van der Waals surface area contributed by atoms with Gasteiger partial charge in [0.05, 0.1) is 0 Å². The van der Waals surface area contributed by atoms with Crippen molar-refractivity contribution in [3.63, 3.8) is 0 Å². The molecule has 0 bridgehead atoms. The summed E-state index contributed by atoms with van der Waals surface area (Å²) in [5.74, 6) is 8.88. The van der Waals surface area contributed by atoms with Crippen molar-refractivity contribution in [2.75, 3.05) is 0 Å². The molecule has 0 aromatic heterocycles. The van der Waals surface area contributed by atoms with E-state index in [4.69, 9.17) is 17.5 Å². The van der Waals surface area contributed by atoms with Gasteiger partial charge in [0.1, 0.15) is 0 Å². The van der Waals surface area contributed by atoms with Crippen molar-refractivity contribution in [1.29, 1.82) is 0 Å². The summed E-state index contributed by atoms with van der Waals surface area (Å²) in [6, 6.07) is 0. The van der Waals surface area contributed by atoms with Gasteiger partial charge in [0.15, 0.2) is 0 Å². The number of hydrogen-bond donors (Lipinski definition) is 2. The SMILES string of the molecule is C[SeH]C.C[SeH]C.O.O=S(=O)(O)O.[Pt]. The monoisotopic (exact) mass is 533 g/mol. The third-order valence-electron chi connectivity index (χ3n) is 0. The zero-order chi connectivity index (χ0) is 9.91. The van der Waals surface area contributed by atoms with Crippen LogP contribution in [0.2, 0.25) is 23.3 Å². The number of rotatable bonds is 0. The minimum atomic E-state index is -4.67. The zero-order valence-electron chi connectivity index (χ0n) is 7.83. The van der Waals surface area contributed by atoms with E-state index < -0.39 is 10.4 Å². The van der Waals surface area contributed by atoms with Crippen molar-refractivity contribution >= 4 is 40.3 Å². The molecule has 0 atom stereocenters. The molecule has 0 fully saturated rings. The van der Waals surface area contributed by atoms with E-state index in [1.807, 2.05) is 0 Å². The van der Waals surface area contributed by atoms with Gasteiger partial charge in [0.2, 0.25) is 0 Å². The molecule has 2 radical (unpaired) electrons. The molecule has 0 unspecified atom stereocenters. The fraction of sp³-hybridized carbons (Fsp3) is 1.00. The molecule has 0 amide bonds. The molecule has 0 rings (SSSR count). The van der Waals surface area contributed by atoms with E-state index in [1.165, 1.54) is 0 Å². The van der Waals surface area contributed by atoms with Crippen LogP contribution in [0.5, 0.6) is 0 Å². The molecule has 0 aliphatic carbocycles. The second kappa shape index (κ2) is 23.4. The van der Waals surface area contributed by atoms with Crippen molar-refractivity contribution in [2.45, 2.75) is 23.3 Å². The van der Waals surface area contributed by atoms with Crippen LogP contribution < -0.4 is 0 Å². The van der Waals surface area contributed by atoms with Gasteiger partial charge in [-0.25, -0.2) is 0 Å². The summed E-state index contributed by atoms with van der Waals surface area (Å²) in [6.45, 7) is 0. The van der Waals surface area contributed by atoms with Gasteiger partial charge < -0.3 is 5.48 Å². The largest absolute Gasteiger partial charge is 0.412 e. The molecule has 9 heteroatoms. The van der Waals surface area contributed by atoms with E-state index in [1.54, 1.807) is 0 Å². The molecule has 0 aliphatic heterocycles. The van der Waals surface area contributed by atoms with Crippen LogP contribution in [0, 0.1) is 0 Å². The fourth-order valence-corrected chi connectivity index (χ4v) is 0. The first-order valence-corrected chi connectivity index (χ1v) is 11.4. The van der Waals surface area contributed by atoms with Crippen LogP contribution in [-0.4, -0.2) is 52.9 Å². The van der Waals surface area contributed by atoms with Crippen LogP contribution in [0.4, 0.5) is 0 Å². The van der Waals surface area contributed by atoms with Crippen molar-refractivity contribution < 1.29 is 44.1 Å². The molecule has 92 valence electrons. The van der Waals surface area contributed by atoms with Crippen molar-refractivity contribution in [3.8, 4) is 0 Å². The van der Waals surface area contributed by atoms with Crippen LogP contribution in [0.3, 0.4) is 0 Å². The molecule has 5 nitrogen and oxygen atoms in total. The average molecular weight is 531 g/mol. The molecule has 0 aliphatic rings. The third-order valence-corrected chi connectivity index (χ3v) is 0. The maximum absolute atomic E-state index is 8.74. The summed E-state index contributed by atoms with van der Waals surface area (Å²) in [5, 5.41) is 0. The van der Waals surface area contributed by atoms with E-state index in [-0.39, 0.29) is 26.5 Å². The van der Waals surface area contributed by atoms with Gasteiger partial charge in [-0.3, -0.25) is 9.11 Å². The molecule has 0 heterocycles. The number of hydrogen-bond acceptors (Lipinski definition) is 2. The van der Waals surface area contributed by atoms with Crippen molar-refractivity contribution in [2.24, 2.45) is 0 Å². The Balaban J connectivity index is -0.0000000240. The molecule has 4 N–H and O–H groups in total. The summed E-state index contributed by atoms with van der Waals surface area (Å²) in [4.78, 5) is 0. The summed E-state index contributed by atoms with van der Waals surface area (Å²) < 4.78 is 31.6. The molecule has 0 aromatic carbocycles. The molecule has 0 saturated carbocycles. The van der Waals surface area contributed by atoms with E-state index >= 15 is 0 Å². The van der Waals surface area contributed by atoms with E-state index in [0.717, 1.165) is 0 Å². The standard InChI is InChI=1S/2C2H7Se.H2O4S.H2O.Pt/c2*1-3-2;1-5(2,3)4;;/h2*3H,1-2H3;(H2,1,2,3,4);1H2;.